The number of hydrogen-bond acceptors (Lipinski definition) is 11. The summed E-state index contributed by atoms with van der Waals surface area (Å²) >= 11 is 0. The maximum absolute atomic E-state index is 13.6. The van der Waals surface area contributed by atoms with E-state index in [0.29, 0.717) is 43.6 Å². The number of pyridine rings is 1. The molecule has 18 heteroatoms. The first-order chi connectivity index (χ1) is 19.7. The fourth-order valence-electron chi connectivity index (χ4n) is 4.55. The van der Waals surface area contributed by atoms with Crippen molar-refractivity contribution < 1.29 is 46.3 Å². The van der Waals surface area contributed by atoms with Crippen molar-refractivity contribution in [2.75, 3.05) is 92.5 Å². The predicted octanol–water partition coefficient (Wildman–Crippen LogP) is 2.46. The van der Waals surface area contributed by atoms with Crippen molar-refractivity contribution in [2.24, 2.45) is 0 Å². The van der Waals surface area contributed by atoms with Crippen LogP contribution in [0.15, 0.2) is 30.3 Å². The van der Waals surface area contributed by atoms with Gasteiger partial charge in [0.1, 0.15) is 24.7 Å². The molecule has 3 atom stereocenters. The Balaban J connectivity index is 1.86. The highest BCUT2D eigenvalue weighted by atomic mass is 31.2. The molecular weight excluding hydrogens is 614 g/mol. The van der Waals surface area contributed by atoms with Gasteiger partial charge in [0.2, 0.25) is 0 Å². The van der Waals surface area contributed by atoms with Gasteiger partial charge in [0.05, 0.1) is 11.2 Å². The van der Waals surface area contributed by atoms with E-state index in [1.165, 1.54) is 26.4 Å². The van der Waals surface area contributed by atoms with Crippen LogP contribution in [0.3, 0.4) is 0 Å². The zero-order chi connectivity index (χ0) is 31.0. The summed E-state index contributed by atoms with van der Waals surface area (Å²) in [5.41, 5.74) is 1.38. The van der Waals surface area contributed by atoms with Crippen molar-refractivity contribution in [1.82, 2.24) is 24.6 Å². The third-order valence-electron chi connectivity index (χ3n) is 7.02. The van der Waals surface area contributed by atoms with E-state index in [1.807, 2.05) is 6.07 Å². The molecule has 0 aliphatic carbocycles. The first-order valence-electron chi connectivity index (χ1n) is 13.3. The zero-order valence-corrected chi connectivity index (χ0v) is 26.8. The van der Waals surface area contributed by atoms with E-state index >= 15 is 0 Å². The molecule has 238 valence electrons. The van der Waals surface area contributed by atoms with Gasteiger partial charge in [-0.2, -0.15) is 0 Å². The van der Waals surface area contributed by atoms with E-state index in [4.69, 9.17) is 13.6 Å². The lowest BCUT2D eigenvalue weighted by Crippen LogP contribution is -2.46. The summed E-state index contributed by atoms with van der Waals surface area (Å²) in [6.07, 6.45) is -0.754. The summed E-state index contributed by atoms with van der Waals surface area (Å²) in [5, 5.41) is 0.673. The molecule has 0 bridgehead atoms. The van der Waals surface area contributed by atoms with E-state index in [0.717, 1.165) is 12.8 Å². The lowest BCUT2D eigenvalue weighted by molar-refractivity contribution is 0.139. The van der Waals surface area contributed by atoms with Gasteiger partial charge in [-0.05, 0) is 24.3 Å². The number of aromatic nitrogens is 1. The van der Waals surface area contributed by atoms with Crippen LogP contribution in [0, 0.1) is 5.82 Å². The van der Waals surface area contributed by atoms with Gasteiger partial charge in [-0.3, -0.25) is 38.3 Å². The lowest BCUT2D eigenvalue weighted by Gasteiger charge is -2.35. The Morgan fingerprint density at radius 3 is 1.50 bits per heavy atom. The smallest absolute Gasteiger partial charge is 0.323 e. The highest BCUT2D eigenvalue weighted by molar-refractivity contribution is 7.53. The van der Waals surface area contributed by atoms with Gasteiger partial charge in [-0.25, -0.2) is 4.39 Å². The third kappa shape index (κ3) is 11.7. The van der Waals surface area contributed by atoms with Crippen molar-refractivity contribution in [2.45, 2.75) is 6.54 Å². The van der Waals surface area contributed by atoms with Gasteiger partial charge in [-0.1, -0.05) is 6.07 Å². The van der Waals surface area contributed by atoms with E-state index in [9.17, 15) is 32.8 Å². The number of rotatable bonds is 11. The average Bonchev–Trinajstić information content (AvgIpc) is 2.94. The molecule has 1 aromatic heterocycles. The zero-order valence-electron chi connectivity index (χ0n) is 24.1. The van der Waals surface area contributed by atoms with Crippen molar-refractivity contribution >= 4 is 33.7 Å². The molecule has 1 saturated heterocycles. The van der Waals surface area contributed by atoms with E-state index < -0.39 is 22.8 Å². The SMILES string of the molecule is COP(=O)(O)CN1CCN(Cc2ccc3cc(F)ccc3n2)CCN(CP(=O)(O)OC)CCN(CP(=O)(O)OC)CC1. The molecule has 14 nitrogen and oxygen atoms in total. The Bertz CT molecular complexity index is 1280. The second-order valence-electron chi connectivity index (χ2n) is 10.2. The molecule has 1 aromatic carbocycles. The maximum atomic E-state index is 13.6. The van der Waals surface area contributed by atoms with Crippen LogP contribution in [0.4, 0.5) is 4.39 Å². The monoisotopic (exact) mass is 655 g/mol. The second-order valence-corrected chi connectivity index (χ2v) is 15.9. The lowest BCUT2D eigenvalue weighted by atomic mass is 10.2. The number of benzene rings is 1. The van der Waals surface area contributed by atoms with Gasteiger partial charge in [0.15, 0.2) is 0 Å². The highest BCUT2D eigenvalue weighted by Crippen LogP contribution is 2.43. The minimum atomic E-state index is -3.93. The molecule has 0 saturated carbocycles. The molecule has 0 radical (unpaired) electrons. The topological polar surface area (TPSA) is 165 Å². The molecule has 3 N–H and O–H groups in total. The Kier molecular flexibility index (Phi) is 13.2. The fourth-order valence-corrected chi connectivity index (χ4v) is 7.26. The molecule has 3 rings (SSSR count). The van der Waals surface area contributed by atoms with Crippen LogP contribution in [0.2, 0.25) is 0 Å². The Hall–Kier alpha value is -1.15. The molecule has 0 amide bonds. The number of halogens is 1. The minimum absolute atomic E-state index is 0.236. The van der Waals surface area contributed by atoms with Gasteiger partial charge >= 0.3 is 22.8 Å². The predicted molar refractivity (Wildman–Crippen MR) is 157 cm³/mol. The quantitative estimate of drug-likeness (QED) is 0.302. The number of nitrogens with zero attached hydrogens (tertiary/aromatic N) is 5. The molecular formula is C24H41FN5O9P3. The van der Waals surface area contributed by atoms with E-state index in [1.54, 1.807) is 26.8 Å². The number of hydrogen-bond donors (Lipinski definition) is 3. The van der Waals surface area contributed by atoms with Gasteiger partial charge in [0.25, 0.3) is 0 Å². The van der Waals surface area contributed by atoms with E-state index in [2.05, 4.69) is 9.88 Å². The van der Waals surface area contributed by atoms with Crippen molar-refractivity contribution in [1.29, 1.82) is 0 Å². The van der Waals surface area contributed by atoms with Crippen LogP contribution in [0.5, 0.6) is 0 Å². The van der Waals surface area contributed by atoms with Crippen LogP contribution in [-0.2, 0) is 33.8 Å². The minimum Gasteiger partial charge on any atom is -0.323 e. The standard InChI is InChI=1S/C24H41FN5O9P3/c1-37-40(31,32)18-28-10-8-27(17-23-6-4-21-16-22(25)5-7-24(21)26-23)9-11-29(19-41(33,34)38-2)13-15-30(14-12-28)20-42(35,36)39-3/h4-7,16H,8-15,17-20H2,1-3H3,(H,31,32)(H,33,34)(H,35,36). The summed E-state index contributed by atoms with van der Waals surface area (Å²) in [6, 6.07) is 7.99. The van der Waals surface area contributed by atoms with Crippen LogP contribution in [0.1, 0.15) is 5.69 Å². The summed E-state index contributed by atoms with van der Waals surface area (Å²) < 4.78 is 65.3. The van der Waals surface area contributed by atoms with Crippen molar-refractivity contribution in [3.63, 3.8) is 0 Å². The first kappa shape index (κ1) is 35.3. The van der Waals surface area contributed by atoms with Crippen molar-refractivity contribution in [3.8, 4) is 0 Å². The second kappa shape index (κ2) is 15.7. The molecule has 1 fully saturated rings. The largest absolute Gasteiger partial charge is 0.341 e. The Labute approximate surface area is 245 Å². The fraction of sp³-hybridized carbons (Fsp3) is 0.625. The maximum Gasteiger partial charge on any atom is 0.341 e. The van der Waals surface area contributed by atoms with Crippen LogP contribution < -0.4 is 0 Å². The van der Waals surface area contributed by atoms with Crippen LogP contribution >= 0.6 is 22.8 Å². The molecule has 2 heterocycles. The van der Waals surface area contributed by atoms with Gasteiger partial charge in [-0.15, -0.1) is 0 Å². The van der Waals surface area contributed by atoms with Gasteiger partial charge < -0.3 is 28.3 Å². The summed E-state index contributed by atoms with van der Waals surface area (Å²) in [6.45, 7) is 3.09. The Morgan fingerprint density at radius 1 is 0.690 bits per heavy atom. The summed E-state index contributed by atoms with van der Waals surface area (Å²) in [7, 11) is -8.25. The highest BCUT2D eigenvalue weighted by Gasteiger charge is 2.28. The summed E-state index contributed by atoms with van der Waals surface area (Å²) in [5.74, 6) is -0.350. The summed E-state index contributed by atoms with van der Waals surface area (Å²) in [4.78, 5) is 42.5. The molecule has 1 aliphatic heterocycles. The molecule has 0 spiro atoms. The van der Waals surface area contributed by atoms with Crippen LogP contribution in [-0.4, -0.2) is 132 Å². The normalized spacial score (nSPS) is 22.1. The number of fused-ring (bicyclic) bond motifs is 1. The molecule has 1 aliphatic rings. The molecule has 2 aromatic rings. The first-order valence-corrected chi connectivity index (χ1v) is 18.6. The third-order valence-corrected chi connectivity index (χ3v) is 11.0. The average molecular weight is 656 g/mol. The van der Waals surface area contributed by atoms with Crippen LogP contribution in [0.25, 0.3) is 10.9 Å². The van der Waals surface area contributed by atoms with E-state index in [-0.39, 0.29) is 50.9 Å². The van der Waals surface area contributed by atoms with Gasteiger partial charge in [0, 0.05) is 85.6 Å². The Morgan fingerprint density at radius 2 is 1.10 bits per heavy atom. The van der Waals surface area contributed by atoms with Crippen molar-refractivity contribution in [3.05, 3.63) is 41.8 Å². The molecule has 3 unspecified atom stereocenters. The molecule has 42 heavy (non-hydrogen) atoms.